The number of carboxylic acid groups (broad SMARTS) is 2. The fourth-order valence-electron chi connectivity index (χ4n) is 1.70. The number of aliphatic carboxylic acids is 2. The van der Waals surface area contributed by atoms with Crippen molar-refractivity contribution in [2.24, 2.45) is 11.7 Å². The van der Waals surface area contributed by atoms with Gasteiger partial charge in [-0.15, -0.1) is 19.0 Å². The number of carbonyl (C=O) groups is 3. The zero-order valence-electron chi connectivity index (χ0n) is 12.2. The number of benzene rings is 1. The summed E-state index contributed by atoms with van der Waals surface area (Å²) in [5.41, 5.74) is 4.20. The van der Waals surface area contributed by atoms with Gasteiger partial charge in [0.1, 0.15) is 12.1 Å². The fourth-order valence-corrected chi connectivity index (χ4v) is 1.70. The van der Waals surface area contributed by atoms with Gasteiger partial charge in [-0.3, -0.25) is 9.59 Å². The maximum absolute atomic E-state index is 11.9. The molecule has 0 radical (unpaired) electrons. The van der Waals surface area contributed by atoms with E-state index in [0.717, 1.165) is 6.08 Å². The third kappa shape index (κ3) is 5.72. The van der Waals surface area contributed by atoms with Crippen molar-refractivity contribution in [1.29, 1.82) is 0 Å². The second kappa shape index (κ2) is 8.92. The van der Waals surface area contributed by atoms with E-state index in [9.17, 15) is 14.4 Å². The number of hydrogen-bond acceptors (Lipinski definition) is 5. The number of rotatable bonds is 8. The molecule has 0 aliphatic heterocycles. The highest BCUT2D eigenvalue weighted by Gasteiger charge is 2.40. The molecule has 0 fully saturated rings. The van der Waals surface area contributed by atoms with Gasteiger partial charge in [0, 0.05) is 6.42 Å². The van der Waals surface area contributed by atoms with Crippen LogP contribution in [0, 0.1) is 5.92 Å². The van der Waals surface area contributed by atoms with Crippen molar-refractivity contribution in [1.82, 2.24) is 0 Å². The highest BCUT2D eigenvalue weighted by molar-refractivity contribution is 5.95. The second-order valence-corrected chi connectivity index (χ2v) is 4.74. The van der Waals surface area contributed by atoms with Crippen molar-refractivity contribution < 1.29 is 29.3 Å². The number of carbonyl (C=O) groups excluding carboxylic acids is 1. The van der Waals surface area contributed by atoms with Gasteiger partial charge in [-0.1, -0.05) is 36.4 Å². The van der Waals surface area contributed by atoms with Crippen LogP contribution in [0.2, 0.25) is 0 Å². The molecule has 0 aliphatic carbocycles. The lowest BCUT2D eigenvalue weighted by Gasteiger charge is -2.23. The summed E-state index contributed by atoms with van der Waals surface area (Å²) in [4.78, 5) is 34.1. The van der Waals surface area contributed by atoms with E-state index in [0.29, 0.717) is 5.56 Å². The molecule has 0 saturated heterocycles. The summed E-state index contributed by atoms with van der Waals surface area (Å²) < 4.78 is 4.92. The minimum absolute atomic E-state index is 0. The Kier molecular flexibility index (Phi) is 7.99. The van der Waals surface area contributed by atoms with Gasteiger partial charge in [-0.05, 0) is 5.56 Å². The Bertz CT molecular complexity index is 577. The smallest absolute Gasteiger partial charge is 0.327 e. The Labute approximate surface area is 139 Å². The normalized spacial score (nSPS) is 13.8. The van der Waals surface area contributed by atoms with Gasteiger partial charge in [0.05, 0.1) is 0 Å². The Morgan fingerprint density at radius 3 is 2.26 bits per heavy atom. The molecule has 0 heterocycles. The van der Waals surface area contributed by atoms with E-state index >= 15 is 0 Å². The van der Waals surface area contributed by atoms with E-state index in [-0.39, 0.29) is 19.0 Å². The van der Waals surface area contributed by atoms with Crippen LogP contribution < -0.4 is 5.73 Å². The average molecular weight is 344 g/mol. The zero-order chi connectivity index (χ0) is 16.8. The maximum Gasteiger partial charge on any atom is 0.327 e. The summed E-state index contributed by atoms with van der Waals surface area (Å²) in [6, 6.07) is 8.68. The van der Waals surface area contributed by atoms with Crippen molar-refractivity contribution in [3.8, 4) is 0 Å². The molecule has 23 heavy (non-hydrogen) atoms. The predicted molar refractivity (Wildman–Crippen MR) is 84.0 cm³/mol. The van der Waals surface area contributed by atoms with Gasteiger partial charge in [-0.25, -0.2) is 4.79 Å². The third-order valence-electron chi connectivity index (χ3n) is 3.11. The number of hydrogen-bond donors (Lipinski definition) is 3. The number of nitrogens with two attached hydrogens (primary N) is 1. The van der Waals surface area contributed by atoms with Crippen LogP contribution in [-0.4, -0.2) is 33.7 Å². The number of carboxylic acids is 2. The molecule has 0 aromatic heterocycles. The summed E-state index contributed by atoms with van der Waals surface area (Å²) in [5.74, 6) is -5.71. The molecule has 0 bridgehead atoms. The highest BCUT2D eigenvalue weighted by Crippen LogP contribution is 2.19. The Hall–Kier alpha value is -2.38. The molecule has 0 saturated carbocycles. The average Bonchev–Trinajstić information content (AvgIpc) is 2.50. The Morgan fingerprint density at radius 1 is 1.26 bits per heavy atom. The minimum atomic E-state index is -2.02. The van der Waals surface area contributed by atoms with E-state index in [1.165, 1.54) is 0 Å². The fraction of sp³-hybridized carbons (Fsp3) is 0.267. The first-order valence-corrected chi connectivity index (χ1v) is 6.39. The number of ether oxygens (including phenoxy) is 1. The van der Waals surface area contributed by atoms with Crippen molar-refractivity contribution in [2.45, 2.75) is 18.6 Å². The van der Waals surface area contributed by atoms with Crippen LogP contribution in [0.4, 0.5) is 0 Å². The zero-order valence-corrected chi connectivity index (χ0v) is 13.0. The Balaban J connectivity index is 0.00000484. The predicted octanol–water partition coefficient (Wildman–Crippen LogP) is 1.21. The highest BCUT2D eigenvalue weighted by atomic mass is 35.5. The van der Waals surface area contributed by atoms with Crippen LogP contribution in [0.25, 0.3) is 0 Å². The molecular weight excluding hydrogens is 326 g/mol. The number of esters is 1. The molecule has 1 aromatic carbocycles. The monoisotopic (exact) mass is 343 g/mol. The lowest BCUT2D eigenvalue weighted by Crippen LogP contribution is -2.49. The molecule has 2 atom stereocenters. The SMILES string of the molecule is C=CC(N)(CC(C(=O)O)C(=O)OCc1ccccc1)C(=O)O.Cl. The van der Waals surface area contributed by atoms with Crippen molar-refractivity contribution in [2.75, 3.05) is 0 Å². The molecule has 1 aromatic rings. The topological polar surface area (TPSA) is 127 Å². The molecule has 1 rings (SSSR count). The third-order valence-corrected chi connectivity index (χ3v) is 3.11. The van der Waals surface area contributed by atoms with Gasteiger partial charge in [-0.2, -0.15) is 0 Å². The summed E-state index contributed by atoms with van der Waals surface area (Å²) in [6.07, 6.45) is 0.255. The molecule has 126 valence electrons. The summed E-state index contributed by atoms with van der Waals surface area (Å²) in [5, 5.41) is 18.1. The number of halogens is 1. The van der Waals surface area contributed by atoms with Crippen LogP contribution in [0.5, 0.6) is 0 Å². The lowest BCUT2D eigenvalue weighted by molar-refractivity contribution is -0.161. The van der Waals surface area contributed by atoms with Gasteiger partial charge in [0.2, 0.25) is 0 Å². The standard InChI is InChI=1S/C15H17NO6.ClH/c1-2-15(16,14(20)21)8-11(12(17)18)13(19)22-9-10-6-4-3-5-7-10;/h2-7,11H,1,8-9,16H2,(H,17,18)(H,20,21);1H. The Morgan fingerprint density at radius 2 is 1.83 bits per heavy atom. The van der Waals surface area contributed by atoms with E-state index in [4.69, 9.17) is 20.7 Å². The first-order chi connectivity index (χ1) is 10.3. The van der Waals surface area contributed by atoms with Crippen molar-refractivity contribution in [3.63, 3.8) is 0 Å². The molecule has 0 aliphatic rings. The minimum Gasteiger partial charge on any atom is -0.481 e. The molecular formula is C15H18ClNO6. The first-order valence-electron chi connectivity index (χ1n) is 6.39. The van der Waals surface area contributed by atoms with Gasteiger partial charge < -0.3 is 20.7 Å². The van der Waals surface area contributed by atoms with Gasteiger partial charge in [0.15, 0.2) is 5.92 Å². The molecule has 2 unspecified atom stereocenters. The second-order valence-electron chi connectivity index (χ2n) is 4.74. The van der Waals surface area contributed by atoms with E-state index in [2.05, 4.69) is 6.58 Å². The van der Waals surface area contributed by atoms with Crippen LogP contribution in [0.3, 0.4) is 0 Å². The van der Waals surface area contributed by atoms with Crippen molar-refractivity contribution in [3.05, 3.63) is 48.6 Å². The van der Waals surface area contributed by atoms with Crippen LogP contribution in [0.15, 0.2) is 43.0 Å². The molecule has 8 heteroatoms. The van der Waals surface area contributed by atoms with Crippen molar-refractivity contribution >= 4 is 30.3 Å². The van der Waals surface area contributed by atoms with Crippen LogP contribution in [0.1, 0.15) is 12.0 Å². The molecule has 4 N–H and O–H groups in total. The summed E-state index contributed by atoms with van der Waals surface area (Å²) in [7, 11) is 0. The largest absolute Gasteiger partial charge is 0.481 e. The first kappa shape index (κ1) is 20.6. The summed E-state index contributed by atoms with van der Waals surface area (Å²) in [6.45, 7) is 3.16. The van der Waals surface area contributed by atoms with Crippen LogP contribution >= 0.6 is 12.4 Å². The molecule has 7 nitrogen and oxygen atoms in total. The van der Waals surface area contributed by atoms with E-state index < -0.39 is 35.8 Å². The summed E-state index contributed by atoms with van der Waals surface area (Å²) >= 11 is 0. The van der Waals surface area contributed by atoms with Gasteiger partial charge >= 0.3 is 17.9 Å². The lowest BCUT2D eigenvalue weighted by atomic mass is 9.88. The maximum atomic E-state index is 11.9. The van der Waals surface area contributed by atoms with Gasteiger partial charge in [0.25, 0.3) is 0 Å². The van der Waals surface area contributed by atoms with E-state index in [1.807, 2.05) is 0 Å². The van der Waals surface area contributed by atoms with Crippen LogP contribution in [-0.2, 0) is 25.7 Å². The van der Waals surface area contributed by atoms with E-state index in [1.54, 1.807) is 30.3 Å². The molecule has 0 spiro atoms. The quantitative estimate of drug-likeness (QED) is 0.368. The molecule has 0 amide bonds.